The van der Waals surface area contributed by atoms with Crippen LogP contribution < -0.4 is 5.32 Å². The Morgan fingerprint density at radius 1 is 1.09 bits per heavy atom. The highest BCUT2D eigenvalue weighted by Gasteiger charge is 2.31. The van der Waals surface area contributed by atoms with E-state index < -0.39 is 27.7 Å². The third-order valence-electron chi connectivity index (χ3n) is 5.09. The Morgan fingerprint density at radius 2 is 1.76 bits per heavy atom. The van der Waals surface area contributed by atoms with Gasteiger partial charge in [0, 0.05) is 31.0 Å². The molecule has 1 heterocycles. The van der Waals surface area contributed by atoms with Gasteiger partial charge in [-0.1, -0.05) is 12.1 Å². The highest BCUT2D eigenvalue weighted by atomic mass is 32.2. The smallest absolute Gasteiger partial charge is 0.326 e. The normalized spacial score (nSPS) is 12.2. The summed E-state index contributed by atoms with van der Waals surface area (Å²) < 4.78 is 66.3. The number of alkyl halides is 3. The van der Waals surface area contributed by atoms with Crippen LogP contribution >= 0.6 is 0 Å². The molecule has 7 nitrogen and oxygen atoms in total. The summed E-state index contributed by atoms with van der Waals surface area (Å²) in [6, 6.07) is 10.7. The van der Waals surface area contributed by atoms with E-state index in [9.17, 15) is 26.4 Å². The average Bonchev–Trinajstić information content (AvgIpc) is 3.01. The van der Waals surface area contributed by atoms with E-state index in [0.717, 1.165) is 16.4 Å². The van der Waals surface area contributed by atoms with Gasteiger partial charge in [-0.25, -0.2) is 17.4 Å². The van der Waals surface area contributed by atoms with Crippen LogP contribution in [0.15, 0.2) is 53.4 Å². The van der Waals surface area contributed by atoms with E-state index in [-0.39, 0.29) is 17.0 Å². The third-order valence-corrected chi connectivity index (χ3v) is 6.90. The molecule has 0 fully saturated rings. The van der Waals surface area contributed by atoms with E-state index in [1.165, 1.54) is 49.1 Å². The summed E-state index contributed by atoms with van der Waals surface area (Å²) in [4.78, 5) is 12.7. The number of aryl methyl sites for hydroxylation is 1. The van der Waals surface area contributed by atoms with Gasteiger partial charge < -0.3 is 5.32 Å². The van der Waals surface area contributed by atoms with Crippen LogP contribution in [-0.2, 0) is 27.4 Å². The van der Waals surface area contributed by atoms with Crippen LogP contribution in [-0.4, -0.2) is 42.5 Å². The Kier molecular flexibility index (Phi) is 6.66. The summed E-state index contributed by atoms with van der Waals surface area (Å²) in [6.45, 7) is 3.34. The quantitative estimate of drug-likeness (QED) is 0.579. The first-order valence-corrected chi connectivity index (χ1v) is 11.3. The summed E-state index contributed by atoms with van der Waals surface area (Å²) in [6.07, 6.45) is -4.56. The zero-order chi connectivity index (χ0) is 24.6. The number of nitrogens with zero attached hydrogens (tertiary/aromatic N) is 3. The molecule has 1 amide bonds. The van der Waals surface area contributed by atoms with Crippen molar-refractivity contribution in [2.45, 2.75) is 31.3 Å². The molecule has 3 aromatic rings. The molecule has 33 heavy (non-hydrogen) atoms. The molecule has 0 aliphatic heterocycles. The van der Waals surface area contributed by atoms with Gasteiger partial charge in [0.15, 0.2) is 0 Å². The lowest BCUT2D eigenvalue weighted by Gasteiger charge is -2.13. The van der Waals surface area contributed by atoms with Gasteiger partial charge in [-0.05, 0) is 50.2 Å². The molecule has 0 radical (unpaired) electrons. The van der Waals surface area contributed by atoms with E-state index in [0.29, 0.717) is 22.6 Å². The van der Waals surface area contributed by atoms with Gasteiger partial charge in [0.1, 0.15) is 0 Å². The van der Waals surface area contributed by atoms with Crippen LogP contribution in [0.3, 0.4) is 0 Å². The summed E-state index contributed by atoms with van der Waals surface area (Å²) in [5.41, 5.74) is 1.36. The van der Waals surface area contributed by atoms with E-state index in [4.69, 9.17) is 0 Å². The van der Waals surface area contributed by atoms with Crippen molar-refractivity contribution in [2.75, 3.05) is 19.4 Å². The molecule has 0 saturated heterocycles. The SMILES string of the molecule is Cc1nn(-c2cccc(C(F)(F)F)c2)c(C)c1CC(=O)Nc1cccc(S(=O)(=O)N(C)C)c1. The number of benzene rings is 2. The van der Waals surface area contributed by atoms with E-state index >= 15 is 0 Å². The second-order valence-electron chi connectivity index (χ2n) is 7.65. The van der Waals surface area contributed by atoms with Crippen molar-refractivity contribution < 1.29 is 26.4 Å². The monoisotopic (exact) mass is 480 g/mol. The molecule has 1 aromatic heterocycles. The second kappa shape index (κ2) is 8.99. The average molecular weight is 481 g/mol. The van der Waals surface area contributed by atoms with Gasteiger partial charge in [0.2, 0.25) is 15.9 Å². The molecule has 3 rings (SSSR count). The first-order chi connectivity index (χ1) is 15.3. The largest absolute Gasteiger partial charge is 0.416 e. The number of hydrogen-bond acceptors (Lipinski definition) is 4. The predicted octanol–water partition coefficient (Wildman–Crippen LogP) is 3.94. The maximum atomic E-state index is 13.1. The van der Waals surface area contributed by atoms with Crippen LogP contribution in [0.2, 0.25) is 0 Å². The van der Waals surface area contributed by atoms with Crippen LogP contribution in [0, 0.1) is 13.8 Å². The summed E-state index contributed by atoms with van der Waals surface area (Å²) in [5, 5.41) is 6.98. The molecule has 0 bridgehead atoms. The fourth-order valence-corrected chi connectivity index (χ4v) is 4.26. The minimum atomic E-state index is -4.48. The van der Waals surface area contributed by atoms with Crippen LogP contribution in [0.4, 0.5) is 18.9 Å². The number of nitrogens with one attached hydrogen (secondary N) is 1. The Morgan fingerprint density at radius 3 is 2.39 bits per heavy atom. The molecule has 1 N–H and O–H groups in total. The first kappa shape index (κ1) is 24.5. The maximum Gasteiger partial charge on any atom is 0.416 e. The van der Waals surface area contributed by atoms with Gasteiger partial charge >= 0.3 is 6.18 Å². The van der Waals surface area contributed by atoms with Crippen LogP contribution in [0.25, 0.3) is 5.69 Å². The summed E-state index contributed by atoms with van der Waals surface area (Å²) >= 11 is 0. The number of carbonyl (C=O) groups excluding carboxylic acids is 1. The second-order valence-corrected chi connectivity index (χ2v) is 9.80. The van der Waals surface area contributed by atoms with Crippen molar-refractivity contribution in [2.24, 2.45) is 0 Å². The molecule has 176 valence electrons. The molecule has 0 atom stereocenters. The number of hydrogen-bond donors (Lipinski definition) is 1. The minimum absolute atomic E-state index is 0.0371. The lowest BCUT2D eigenvalue weighted by Crippen LogP contribution is -2.22. The molecule has 0 aliphatic rings. The van der Waals surface area contributed by atoms with Crippen molar-refractivity contribution >= 4 is 21.6 Å². The summed E-state index contributed by atoms with van der Waals surface area (Å²) in [5.74, 6) is -0.413. The summed E-state index contributed by atoms with van der Waals surface area (Å²) in [7, 11) is -0.838. The molecule has 11 heteroatoms. The van der Waals surface area contributed by atoms with Crippen molar-refractivity contribution in [1.29, 1.82) is 0 Å². The Balaban J connectivity index is 1.83. The number of sulfonamides is 1. The van der Waals surface area contributed by atoms with Crippen molar-refractivity contribution in [1.82, 2.24) is 14.1 Å². The van der Waals surface area contributed by atoms with Gasteiger partial charge in [-0.2, -0.15) is 18.3 Å². The van der Waals surface area contributed by atoms with Gasteiger partial charge in [-0.3, -0.25) is 4.79 Å². The number of carbonyl (C=O) groups is 1. The van der Waals surface area contributed by atoms with Crippen molar-refractivity contribution in [3.63, 3.8) is 0 Å². The van der Waals surface area contributed by atoms with E-state index in [1.807, 2.05) is 0 Å². The van der Waals surface area contributed by atoms with Gasteiger partial charge in [0.25, 0.3) is 0 Å². The molecule has 0 aliphatic carbocycles. The van der Waals surface area contributed by atoms with Gasteiger partial charge in [0.05, 0.1) is 28.3 Å². The number of halogens is 3. The van der Waals surface area contributed by atoms with E-state index in [1.54, 1.807) is 19.9 Å². The van der Waals surface area contributed by atoms with Gasteiger partial charge in [-0.15, -0.1) is 0 Å². The zero-order valence-corrected chi connectivity index (χ0v) is 19.3. The number of rotatable bonds is 6. The Hall–Kier alpha value is -3.18. The lowest BCUT2D eigenvalue weighted by molar-refractivity contribution is -0.137. The zero-order valence-electron chi connectivity index (χ0n) is 18.4. The number of aromatic nitrogens is 2. The number of anilines is 1. The predicted molar refractivity (Wildman–Crippen MR) is 118 cm³/mol. The molecule has 0 spiro atoms. The lowest BCUT2D eigenvalue weighted by atomic mass is 10.1. The fraction of sp³-hybridized carbons (Fsp3) is 0.273. The Bertz CT molecular complexity index is 1300. The van der Waals surface area contributed by atoms with Crippen molar-refractivity contribution in [3.05, 3.63) is 71.0 Å². The van der Waals surface area contributed by atoms with Crippen LogP contribution in [0.1, 0.15) is 22.5 Å². The van der Waals surface area contributed by atoms with E-state index in [2.05, 4.69) is 10.4 Å². The molecule has 0 unspecified atom stereocenters. The molecule has 2 aromatic carbocycles. The molecule has 0 saturated carbocycles. The fourth-order valence-electron chi connectivity index (χ4n) is 3.31. The molecular weight excluding hydrogens is 457 g/mol. The van der Waals surface area contributed by atoms with Crippen LogP contribution in [0.5, 0.6) is 0 Å². The standard InChI is InChI=1S/C22H23F3N4O3S/c1-14-20(15(2)29(27-14)18-9-5-7-16(11-18)22(23,24)25)13-21(30)26-17-8-6-10-19(12-17)33(31,32)28(3)4/h5-12H,13H2,1-4H3,(H,26,30). The van der Waals surface area contributed by atoms with Crippen molar-refractivity contribution in [3.8, 4) is 5.69 Å². The third kappa shape index (κ3) is 5.25. The highest BCUT2D eigenvalue weighted by molar-refractivity contribution is 7.89. The Labute approximate surface area is 189 Å². The highest BCUT2D eigenvalue weighted by Crippen LogP contribution is 2.31. The molecular formula is C22H23F3N4O3S. The minimum Gasteiger partial charge on any atom is -0.326 e. The first-order valence-electron chi connectivity index (χ1n) is 9.86. The maximum absolute atomic E-state index is 13.1. The number of amides is 1. The topological polar surface area (TPSA) is 84.3 Å².